The van der Waals surface area contributed by atoms with E-state index in [1.54, 1.807) is 11.3 Å². The van der Waals surface area contributed by atoms with Gasteiger partial charge in [-0.3, -0.25) is 4.98 Å². The average molecular weight is 284 g/mol. The summed E-state index contributed by atoms with van der Waals surface area (Å²) in [6.07, 6.45) is 1.83. The summed E-state index contributed by atoms with van der Waals surface area (Å²) in [6.45, 7) is 0.594. The zero-order valence-corrected chi connectivity index (χ0v) is 10.4. The monoisotopic (exact) mass is 283 g/mol. The number of alkyl halides is 1. The summed E-state index contributed by atoms with van der Waals surface area (Å²) >= 11 is 5.02. The van der Waals surface area contributed by atoms with E-state index in [0.717, 1.165) is 16.0 Å². The van der Waals surface area contributed by atoms with Gasteiger partial charge in [0.25, 0.3) is 0 Å². The van der Waals surface area contributed by atoms with Gasteiger partial charge in [0.2, 0.25) is 0 Å². The number of hydrogen-bond acceptors (Lipinski definition) is 3. The maximum atomic E-state index is 5.64. The van der Waals surface area contributed by atoms with Gasteiger partial charge >= 0.3 is 0 Å². The summed E-state index contributed by atoms with van der Waals surface area (Å²) in [7, 11) is 0. The normalized spacial score (nSPS) is 10.2. The van der Waals surface area contributed by atoms with Gasteiger partial charge in [-0.05, 0) is 17.7 Å². The molecule has 0 atom stereocenters. The van der Waals surface area contributed by atoms with E-state index >= 15 is 0 Å². The van der Waals surface area contributed by atoms with Crippen molar-refractivity contribution < 1.29 is 4.74 Å². The van der Waals surface area contributed by atoms with Crippen LogP contribution in [0.4, 0.5) is 0 Å². The number of hydrogen-bond donors (Lipinski definition) is 0. The van der Waals surface area contributed by atoms with Crippen molar-refractivity contribution in [1.29, 1.82) is 0 Å². The Bertz CT molecular complexity index is 416. The Morgan fingerprint density at radius 1 is 1.40 bits per heavy atom. The van der Waals surface area contributed by atoms with Crippen LogP contribution in [-0.2, 0) is 11.9 Å². The molecule has 0 spiro atoms. The van der Waals surface area contributed by atoms with E-state index in [9.17, 15) is 0 Å². The second kappa shape index (κ2) is 5.28. The summed E-state index contributed by atoms with van der Waals surface area (Å²) in [5.74, 6) is 0.903. The van der Waals surface area contributed by atoms with Gasteiger partial charge < -0.3 is 4.74 Å². The van der Waals surface area contributed by atoms with Crippen LogP contribution in [0.25, 0.3) is 0 Å². The summed E-state index contributed by atoms with van der Waals surface area (Å²) < 4.78 is 5.64. The van der Waals surface area contributed by atoms with Crippen LogP contribution in [0.1, 0.15) is 10.4 Å². The molecule has 1 aromatic carbocycles. The predicted molar refractivity (Wildman–Crippen MR) is 65.5 cm³/mol. The van der Waals surface area contributed by atoms with Crippen LogP contribution in [0.5, 0.6) is 5.75 Å². The molecule has 1 heterocycles. The lowest BCUT2D eigenvalue weighted by atomic mass is 10.2. The van der Waals surface area contributed by atoms with E-state index in [1.165, 1.54) is 5.56 Å². The number of benzene rings is 1. The summed E-state index contributed by atoms with van der Waals surface area (Å²) in [6, 6.07) is 8.07. The Morgan fingerprint density at radius 3 is 3.07 bits per heavy atom. The maximum Gasteiger partial charge on any atom is 0.124 e. The lowest BCUT2D eigenvalue weighted by Crippen LogP contribution is -1.93. The van der Waals surface area contributed by atoms with Crippen molar-refractivity contribution in [3.63, 3.8) is 0 Å². The van der Waals surface area contributed by atoms with Gasteiger partial charge in [0.05, 0.1) is 10.4 Å². The Morgan fingerprint density at radius 2 is 2.33 bits per heavy atom. The van der Waals surface area contributed by atoms with E-state index < -0.39 is 0 Å². The number of aromatic nitrogens is 1. The molecule has 0 amide bonds. The molecule has 15 heavy (non-hydrogen) atoms. The van der Waals surface area contributed by atoms with E-state index in [0.29, 0.717) is 6.61 Å². The summed E-state index contributed by atoms with van der Waals surface area (Å²) in [5.41, 5.74) is 3.03. The van der Waals surface area contributed by atoms with Crippen molar-refractivity contribution in [3.05, 3.63) is 46.4 Å². The van der Waals surface area contributed by atoms with Crippen LogP contribution in [0.3, 0.4) is 0 Å². The first-order valence-corrected chi connectivity index (χ1v) is 6.53. The highest BCUT2D eigenvalue weighted by molar-refractivity contribution is 9.08. The Balaban J connectivity index is 1.98. The van der Waals surface area contributed by atoms with Crippen molar-refractivity contribution in [3.8, 4) is 5.75 Å². The number of ether oxygens (including phenoxy) is 1. The number of nitrogens with zero attached hydrogens (tertiary/aromatic N) is 1. The fourth-order valence-electron chi connectivity index (χ4n) is 1.19. The molecule has 4 heteroatoms. The Hall–Kier alpha value is -0.870. The van der Waals surface area contributed by atoms with Gasteiger partial charge in [0, 0.05) is 11.5 Å². The van der Waals surface area contributed by atoms with Gasteiger partial charge in [0.15, 0.2) is 0 Å². The molecule has 0 aliphatic rings. The smallest absolute Gasteiger partial charge is 0.124 e. The Kier molecular flexibility index (Phi) is 3.75. The fraction of sp³-hybridized carbons (Fsp3) is 0.182. The molecule has 0 aliphatic carbocycles. The predicted octanol–water partition coefficient (Wildman–Crippen LogP) is 3.62. The van der Waals surface area contributed by atoms with Crippen molar-refractivity contribution in [2.75, 3.05) is 0 Å². The third-order valence-corrected chi connectivity index (χ3v) is 3.32. The highest BCUT2D eigenvalue weighted by atomic mass is 79.9. The molecule has 2 rings (SSSR count). The standard InChI is InChI=1S/C11H10BrNOS/c12-5-9-2-1-3-10(4-9)14-7-11-6-13-8-15-11/h1-4,6,8H,5,7H2. The van der Waals surface area contributed by atoms with E-state index in [4.69, 9.17) is 4.74 Å². The van der Waals surface area contributed by atoms with E-state index in [2.05, 4.69) is 27.0 Å². The van der Waals surface area contributed by atoms with Gasteiger partial charge in [-0.2, -0.15) is 0 Å². The molecule has 0 aliphatic heterocycles. The molecule has 0 radical (unpaired) electrons. The number of rotatable bonds is 4. The van der Waals surface area contributed by atoms with Crippen LogP contribution >= 0.6 is 27.3 Å². The molecule has 2 nitrogen and oxygen atoms in total. The van der Waals surface area contributed by atoms with Crippen LogP contribution in [0, 0.1) is 0 Å². The topological polar surface area (TPSA) is 22.1 Å². The first-order chi connectivity index (χ1) is 7.38. The van der Waals surface area contributed by atoms with Crippen LogP contribution in [0.15, 0.2) is 36.0 Å². The molecule has 1 aromatic heterocycles. The molecule has 0 fully saturated rings. The highest BCUT2D eigenvalue weighted by Gasteiger charge is 1.98. The maximum absolute atomic E-state index is 5.64. The summed E-state index contributed by atoms with van der Waals surface area (Å²) in [5, 5.41) is 0.852. The molecule has 0 saturated carbocycles. The minimum absolute atomic E-state index is 0.594. The van der Waals surface area contributed by atoms with Gasteiger partial charge in [-0.15, -0.1) is 11.3 Å². The third kappa shape index (κ3) is 3.04. The molecular formula is C11H10BrNOS. The molecule has 0 unspecified atom stereocenters. The fourth-order valence-corrected chi connectivity index (χ4v) is 2.04. The Labute approximate surface area is 101 Å². The van der Waals surface area contributed by atoms with Crippen molar-refractivity contribution in [2.45, 2.75) is 11.9 Å². The summed E-state index contributed by atoms with van der Waals surface area (Å²) in [4.78, 5) is 5.14. The van der Waals surface area contributed by atoms with Crippen molar-refractivity contribution >= 4 is 27.3 Å². The molecule has 78 valence electrons. The zero-order chi connectivity index (χ0) is 10.5. The molecule has 2 aromatic rings. The number of thiazole rings is 1. The van der Waals surface area contributed by atoms with Crippen LogP contribution in [0.2, 0.25) is 0 Å². The zero-order valence-electron chi connectivity index (χ0n) is 8.02. The minimum Gasteiger partial charge on any atom is -0.488 e. The third-order valence-electron chi connectivity index (χ3n) is 1.92. The van der Waals surface area contributed by atoms with Gasteiger partial charge in [0.1, 0.15) is 12.4 Å². The lowest BCUT2D eigenvalue weighted by Gasteiger charge is -2.05. The van der Waals surface area contributed by atoms with Gasteiger partial charge in [-0.1, -0.05) is 28.1 Å². The molecule has 0 N–H and O–H groups in total. The molecular weight excluding hydrogens is 274 g/mol. The second-order valence-electron chi connectivity index (χ2n) is 3.04. The minimum atomic E-state index is 0.594. The number of halogens is 1. The lowest BCUT2D eigenvalue weighted by molar-refractivity contribution is 0.309. The quantitative estimate of drug-likeness (QED) is 0.800. The van der Waals surface area contributed by atoms with Crippen LogP contribution in [-0.4, -0.2) is 4.98 Å². The second-order valence-corrected chi connectivity index (χ2v) is 4.57. The average Bonchev–Trinajstić information content (AvgIpc) is 2.79. The first kappa shape index (κ1) is 10.6. The molecule has 0 bridgehead atoms. The van der Waals surface area contributed by atoms with E-state index in [-0.39, 0.29) is 0 Å². The van der Waals surface area contributed by atoms with E-state index in [1.807, 2.05) is 29.9 Å². The highest BCUT2D eigenvalue weighted by Crippen LogP contribution is 2.17. The SMILES string of the molecule is BrCc1cccc(OCc2cncs2)c1. The van der Waals surface area contributed by atoms with Crippen molar-refractivity contribution in [2.24, 2.45) is 0 Å². The largest absolute Gasteiger partial charge is 0.488 e. The van der Waals surface area contributed by atoms with Crippen LogP contribution < -0.4 is 4.74 Å². The molecule has 0 saturated heterocycles. The van der Waals surface area contributed by atoms with Gasteiger partial charge in [-0.25, -0.2) is 0 Å². The first-order valence-electron chi connectivity index (χ1n) is 4.53. The van der Waals surface area contributed by atoms with Crippen molar-refractivity contribution in [1.82, 2.24) is 4.98 Å².